The van der Waals surface area contributed by atoms with Crippen molar-refractivity contribution in [3.05, 3.63) is 16.3 Å². The van der Waals surface area contributed by atoms with E-state index < -0.39 is 0 Å². The molecule has 1 saturated carbocycles. The number of amides is 1. The maximum atomic E-state index is 11.6. The Morgan fingerprint density at radius 3 is 2.86 bits per heavy atom. The lowest BCUT2D eigenvalue weighted by Crippen LogP contribution is -2.39. The molecule has 1 fully saturated rings. The first-order valence-electron chi connectivity index (χ1n) is 4.43. The molecular formula is C9H12N2O2S. The van der Waals surface area contributed by atoms with Gasteiger partial charge >= 0.3 is 0 Å². The van der Waals surface area contributed by atoms with Crippen LogP contribution in [0.3, 0.4) is 0 Å². The van der Waals surface area contributed by atoms with Crippen molar-refractivity contribution < 1.29 is 9.90 Å². The molecule has 0 radical (unpaired) electrons. The summed E-state index contributed by atoms with van der Waals surface area (Å²) in [7, 11) is 0. The Balaban J connectivity index is 2.03. The van der Waals surface area contributed by atoms with E-state index in [0.29, 0.717) is 10.6 Å². The summed E-state index contributed by atoms with van der Waals surface area (Å²) in [5, 5.41) is 13.6. The summed E-state index contributed by atoms with van der Waals surface area (Å²) in [5.41, 5.74) is 5.76. The number of aliphatic hydroxyl groups is 1. The molecule has 0 spiro atoms. The molecule has 1 aromatic rings. The Hall–Kier alpha value is -1.07. The minimum Gasteiger partial charge on any atom is -0.398 e. The van der Waals surface area contributed by atoms with Crippen molar-refractivity contribution in [3.8, 4) is 0 Å². The first-order valence-corrected chi connectivity index (χ1v) is 5.31. The van der Waals surface area contributed by atoms with E-state index in [4.69, 9.17) is 10.8 Å². The maximum Gasteiger partial charge on any atom is 0.261 e. The Bertz CT molecular complexity index is 357. The van der Waals surface area contributed by atoms with E-state index in [1.165, 1.54) is 11.3 Å². The summed E-state index contributed by atoms with van der Waals surface area (Å²) in [5.74, 6) is -0.141. The van der Waals surface area contributed by atoms with E-state index in [2.05, 4.69) is 5.32 Å². The molecule has 5 heteroatoms. The number of hydrogen-bond acceptors (Lipinski definition) is 4. The minimum atomic E-state index is -0.351. The monoisotopic (exact) mass is 212 g/mol. The number of nitrogens with two attached hydrogens (primary N) is 1. The van der Waals surface area contributed by atoms with Gasteiger partial charge in [-0.3, -0.25) is 4.79 Å². The van der Waals surface area contributed by atoms with E-state index in [1.54, 1.807) is 11.4 Å². The average molecular weight is 212 g/mol. The molecule has 1 aliphatic rings. The van der Waals surface area contributed by atoms with Gasteiger partial charge in [-0.25, -0.2) is 0 Å². The zero-order valence-corrected chi connectivity index (χ0v) is 8.43. The van der Waals surface area contributed by atoms with Crippen molar-refractivity contribution in [2.75, 3.05) is 12.3 Å². The van der Waals surface area contributed by atoms with Crippen LogP contribution in [0.5, 0.6) is 0 Å². The van der Waals surface area contributed by atoms with Gasteiger partial charge in [0.15, 0.2) is 0 Å². The highest BCUT2D eigenvalue weighted by atomic mass is 32.1. The molecular weight excluding hydrogens is 200 g/mol. The van der Waals surface area contributed by atoms with E-state index in [0.717, 1.165) is 12.8 Å². The van der Waals surface area contributed by atoms with E-state index in [9.17, 15) is 4.79 Å². The first kappa shape index (κ1) is 9.48. The third-order valence-corrected chi connectivity index (χ3v) is 3.33. The predicted molar refractivity (Wildman–Crippen MR) is 55.2 cm³/mol. The molecule has 76 valence electrons. The summed E-state index contributed by atoms with van der Waals surface area (Å²) in [4.78, 5) is 12.2. The van der Waals surface area contributed by atoms with Crippen molar-refractivity contribution in [1.29, 1.82) is 0 Å². The van der Waals surface area contributed by atoms with Crippen LogP contribution in [-0.4, -0.2) is 23.2 Å². The Labute approximate surface area is 85.7 Å². The fraction of sp³-hybridized carbons (Fsp3) is 0.444. The van der Waals surface area contributed by atoms with Crippen LogP contribution < -0.4 is 11.1 Å². The number of aliphatic hydroxyl groups excluding tert-OH is 1. The summed E-state index contributed by atoms with van der Waals surface area (Å²) in [6.45, 7) is 0.0135. The van der Waals surface area contributed by atoms with Gasteiger partial charge in [-0.15, -0.1) is 11.3 Å². The van der Waals surface area contributed by atoms with Crippen LogP contribution in [0, 0.1) is 0 Å². The number of thiophene rings is 1. The molecule has 0 atom stereocenters. The second-order valence-electron chi connectivity index (χ2n) is 3.64. The molecule has 0 saturated heterocycles. The topological polar surface area (TPSA) is 75.4 Å². The van der Waals surface area contributed by atoms with Crippen molar-refractivity contribution >= 4 is 22.9 Å². The Morgan fingerprint density at radius 2 is 2.43 bits per heavy atom. The smallest absolute Gasteiger partial charge is 0.261 e. The standard InChI is InChI=1S/C9H12N2O2S/c10-6-3-7(14-4-6)8(13)11-9(5-12)1-2-9/h3-4,12H,1-2,5,10H2,(H,11,13). The largest absolute Gasteiger partial charge is 0.398 e. The van der Waals surface area contributed by atoms with Gasteiger partial charge in [-0.05, 0) is 18.9 Å². The normalized spacial score (nSPS) is 17.8. The highest BCUT2D eigenvalue weighted by molar-refractivity contribution is 7.12. The average Bonchev–Trinajstić information content (AvgIpc) is 2.80. The molecule has 1 aliphatic carbocycles. The van der Waals surface area contributed by atoms with Gasteiger partial charge in [0.2, 0.25) is 0 Å². The second-order valence-corrected chi connectivity index (χ2v) is 4.55. The highest BCUT2D eigenvalue weighted by Crippen LogP contribution is 2.35. The van der Waals surface area contributed by atoms with Crippen LogP contribution in [0.1, 0.15) is 22.5 Å². The maximum absolute atomic E-state index is 11.6. The summed E-state index contributed by atoms with van der Waals surface area (Å²) in [6, 6.07) is 1.65. The third-order valence-electron chi connectivity index (χ3n) is 2.38. The molecule has 4 nitrogen and oxygen atoms in total. The Morgan fingerprint density at radius 1 is 1.71 bits per heavy atom. The summed E-state index contributed by atoms with van der Waals surface area (Å²) >= 11 is 1.32. The minimum absolute atomic E-state index is 0.0135. The van der Waals surface area contributed by atoms with Crippen molar-refractivity contribution in [3.63, 3.8) is 0 Å². The van der Waals surface area contributed by atoms with E-state index >= 15 is 0 Å². The molecule has 0 bridgehead atoms. The lowest BCUT2D eigenvalue weighted by Gasteiger charge is -2.12. The van der Waals surface area contributed by atoms with Gasteiger partial charge < -0.3 is 16.2 Å². The molecule has 0 aliphatic heterocycles. The molecule has 4 N–H and O–H groups in total. The van der Waals surface area contributed by atoms with Crippen molar-refractivity contribution in [1.82, 2.24) is 5.32 Å². The van der Waals surface area contributed by atoms with Crippen LogP contribution in [0.2, 0.25) is 0 Å². The SMILES string of the molecule is Nc1csc(C(=O)NC2(CO)CC2)c1. The van der Waals surface area contributed by atoms with Crippen LogP contribution in [0.15, 0.2) is 11.4 Å². The second kappa shape index (κ2) is 3.25. The van der Waals surface area contributed by atoms with Crippen LogP contribution in [0.4, 0.5) is 5.69 Å². The van der Waals surface area contributed by atoms with Crippen LogP contribution in [-0.2, 0) is 0 Å². The van der Waals surface area contributed by atoms with Gasteiger partial charge in [0.1, 0.15) is 0 Å². The van der Waals surface area contributed by atoms with E-state index in [-0.39, 0.29) is 18.1 Å². The summed E-state index contributed by atoms with van der Waals surface area (Å²) < 4.78 is 0. The summed E-state index contributed by atoms with van der Waals surface area (Å²) in [6.07, 6.45) is 1.71. The van der Waals surface area contributed by atoms with Crippen molar-refractivity contribution in [2.24, 2.45) is 0 Å². The van der Waals surface area contributed by atoms with Gasteiger partial charge in [0.05, 0.1) is 17.0 Å². The van der Waals surface area contributed by atoms with Gasteiger partial charge in [0, 0.05) is 11.1 Å². The molecule has 1 amide bonds. The third kappa shape index (κ3) is 1.73. The molecule has 1 aromatic heterocycles. The van der Waals surface area contributed by atoms with Crippen LogP contribution in [0.25, 0.3) is 0 Å². The number of rotatable bonds is 3. The number of anilines is 1. The van der Waals surface area contributed by atoms with Crippen LogP contribution >= 0.6 is 11.3 Å². The van der Waals surface area contributed by atoms with Crippen molar-refractivity contribution in [2.45, 2.75) is 18.4 Å². The van der Waals surface area contributed by atoms with Gasteiger partial charge in [-0.1, -0.05) is 0 Å². The quantitative estimate of drug-likeness (QED) is 0.686. The van der Waals surface area contributed by atoms with E-state index in [1.807, 2.05) is 0 Å². The van der Waals surface area contributed by atoms with Gasteiger partial charge in [-0.2, -0.15) is 0 Å². The highest BCUT2D eigenvalue weighted by Gasteiger charge is 2.43. The first-order chi connectivity index (χ1) is 6.65. The van der Waals surface area contributed by atoms with Gasteiger partial charge in [0.25, 0.3) is 5.91 Å². The fourth-order valence-electron chi connectivity index (χ4n) is 1.25. The number of carbonyl (C=O) groups excluding carboxylic acids is 1. The zero-order chi connectivity index (χ0) is 10.2. The number of hydrogen-bond donors (Lipinski definition) is 3. The molecule has 2 rings (SSSR count). The molecule has 0 unspecified atom stereocenters. The molecule has 1 heterocycles. The lowest BCUT2D eigenvalue weighted by molar-refractivity contribution is 0.0911. The lowest BCUT2D eigenvalue weighted by atomic mass is 10.3. The fourth-order valence-corrected chi connectivity index (χ4v) is 1.94. The Kier molecular flexibility index (Phi) is 2.20. The number of nitrogen functional groups attached to an aromatic ring is 1. The predicted octanol–water partition coefficient (Wildman–Crippen LogP) is 0.585. The zero-order valence-electron chi connectivity index (χ0n) is 7.62. The number of carbonyl (C=O) groups is 1. The molecule has 14 heavy (non-hydrogen) atoms. The number of nitrogens with one attached hydrogen (secondary N) is 1. The molecule has 0 aromatic carbocycles.